The van der Waals surface area contributed by atoms with Crippen molar-refractivity contribution in [2.75, 3.05) is 20.1 Å². The van der Waals surface area contributed by atoms with Crippen molar-refractivity contribution in [3.05, 3.63) is 35.1 Å². The van der Waals surface area contributed by atoms with E-state index in [4.69, 9.17) is 5.26 Å². The average molecular weight is 333 g/mol. The maximum Gasteiger partial charge on any atom is 0.191 e. The van der Waals surface area contributed by atoms with Crippen LogP contribution in [-0.4, -0.2) is 43.1 Å². The molecule has 0 aromatic heterocycles. The number of rotatable bonds is 7. The molecule has 0 saturated carbocycles. The second-order valence-electron chi connectivity index (χ2n) is 6.20. The van der Waals surface area contributed by atoms with Gasteiger partial charge in [-0.15, -0.1) is 0 Å². The van der Waals surface area contributed by atoms with Gasteiger partial charge in [0.15, 0.2) is 5.96 Å². The Kier molecular flexibility index (Phi) is 8.20. The number of nitrogens with one attached hydrogen (secondary N) is 2. The van der Waals surface area contributed by atoms with Crippen molar-refractivity contribution >= 4 is 5.96 Å². The summed E-state index contributed by atoms with van der Waals surface area (Å²) in [6.45, 7) is 10.6. The normalized spacial score (nSPS) is 11.9. The number of aliphatic imine (C=N–C) groups is 1. The molecule has 6 heteroatoms. The van der Waals surface area contributed by atoms with E-state index < -0.39 is 0 Å². The molecule has 0 heterocycles. The summed E-state index contributed by atoms with van der Waals surface area (Å²) in [6.07, 6.45) is 0. The highest BCUT2D eigenvalue weighted by molar-refractivity contribution is 5.79. The van der Waals surface area contributed by atoms with Gasteiger partial charge >= 0.3 is 0 Å². The third kappa shape index (κ3) is 6.17. The van der Waals surface area contributed by atoms with E-state index in [1.165, 1.54) is 12.1 Å². The lowest BCUT2D eigenvalue weighted by Crippen LogP contribution is -2.45. The Balaban J connectivity index is 2.53. The minimum Gasteiger partial charge on any atom is -0.355 e. The number of nitrogens with zero attached hydrogens (tertiary/aromatic N) is 3. The van der Waals surface area contributed by atoms with Crippen LogP contribution in [-0.2, 0) is 6.54 Å². The van der Waals surface area contributed by atoms with Crippen molar-refractivity contribution < 1.29 is 4.39 Å². The Bertz CT molecular complexity index is 582. The molecule has 0 unspecified atom stereocenters. The molecule has 0 atom stereocenters. The van der Waals surface area contributed by atoms with Crippen LogP contribution in [0.4, 0.5) is 4.39 Å². The summed E-state index contributed by atoms with van der Waals surface area (Å²) in [5, 5.41) is 15.2. The van der Waals surface area contributed by atoms with Gasteiger partial charge in [0.25, 0.3) is 0 Å². The van der Waals surface area contributed by atoms with E-state index in [1.54, 1.807) is 13.1 Å². The van der Waals surface area contributed by atoms with E-state index in [0.717, 1.165) is 13.1 Å². The zero-order valence-electron chi connectivity index (χ0n) is 15.2. The molecule has 24 heavy (non-hydrogen) atoms. The highest BCUT2D eigenvalue weighted by Crippen LogP contribution is 2.09. The number of hydrogen-bond donors (Lipinski definition) is 2. The van der Waals surface area contributed by atoms with Crippen molar-refractivity contribution in [2.45, 2.75) is 46.3 Å². The summed E-state index contributed by atoms with van der Waals surface area (Å²) in [5.74, 6) is 0.284. The van der Waals surface area contributed by atoms with Crippen LogP contribution >= 0.6 is 0 Å². The topological polar surface area (TPSA) is 63.5 Å². The first-order valence-corrected chi connectivity index (χ1v) is 8.27. The van der Waals surface area contributed by atoms with Gasteiger partial charge in [0.05, 0.1) is 11.6 Å². The van der Waals surface area contributed by atoms with Crippen LogP contribution in [0.2, 0.25) is 0 Å². The van der Waals surface area contributed by atoms with Gasteiger partial charge in [-0.3, -0.25) is 9.89 Å². The number of guanidine groups is 1. The summed E-state index contributed by atoms with van der Waals surface area (Å²) in [4.78, 5) is 6.54. The summed E-state index contributed by atoms with van der Waals surface area (Å²) < 4.78 is 13.8. The third-order valence-corrected chi connectivity index (χ3v) is 3.83. The van der Waals surface area contributed by atoms with E-state index in [2.05, 4.69) is 48.2 Å². The monoisotopic (exact) mass is 333 g/mol. The molecule has 0 fully saturated rings. The van der Waals surface area contributed by atoms with Gasteiger partial charge < -0.3 is 10.6 Å². The summed E-state index contributed by atoms with van der Waals surface area (Å²) in [5.41, 5.74) is 0.892. The Labute approximate surface area is 144 Å². The maximum absolute atomic E-state index is 13.8. The molecular weight excluding hydrogens is 305 g/mol. The van der Waals surface area contributed by atoms with Gasteiger partial charge in [-0.1, -0.05) is 0 Å². The Hall–Kier alpha value is -2.13. The largest absolute Gasteiger partial charge is 0.355 e. The smallest absolute Gasteiger partial charge is 0.191 e. The molecule has 0 amide bonds. The van der Waals surface area contributed by atoms with E-state index in [1.807, 2.05) is 6.07 Å². The zero-order valence-corrected chi connectivity index (χ0v) is 15.2. The fourth-order valence-corrected chi connectivity index (χ4v) is 2.60. The Morgan fingerprint density at radius 2 is 1.92 bits per heavy atom. The molecule has 0 aliphatic rings. The van der Waals surface area contributed by atoms with Crippen molar-refractivity contribution in [2.24, 2.45) is 4.99 Å². The summed E-state index contributed by atoms with van der Waals surface area (Å²) in [7, 11) is 1.68. The van der Waals surface area contributed by atoms with Crippen LogP contribution in [0.5, 0.6) is 0 Å². The molecule has 1 rings (SSSR count). The lowest BCUT2D eigenvalue weighted by Gasteiger charge is -2.30. The van der Waals surface area contributed by atoms with Crippen LogP contribution in [0.15, 0.2) is 23.2 Å². The van der Waals surface area contributed by atoms with Gasteiger partial charge in [-0.25, -0.2) is 4.39 Å². The molecule has 5 nitrogen and oxygen atoms in total. The van der Waals surface area contributed by atoms with E-state index in [0.29, 0.717) is 29.2 Å². The van der Waals surface area contributed by atoms with Crippen molar-refractivity contribution in [3.8, 4) is 6.07 Å². The van der Waals surface area contributed by atoms with E-state index >= 15 is 0 Å². The van der Waals surface area contributed by atoms with Crippen LogP contribution < -0.4 is 10.6 Å². The fraction of sp³-hybridized carbons (Fsp3) is 0.556. The quantitative estimate of drug-likeness (QED) is 0.594. The van der Waals surface area contributed by atoms with Crippen LogP contribution in [0.1, 0.15) is 38.8 Å². The van der Waals surface area contributed by atoms with Crippen LogP contribution in [0.3, 0.4) is 0 Å². The molecule has 0 bridgehead atoms. The number of benzene rings is 1. The molecule has 0 aliphatic heterocycles. The molecule has 2 N–H and O–H groups in total. The molecule has 0 spiro atoms. The van der Waals surface area contributed by atoms with Gasteiger partial charge in [0, 0.05) is 44.3 Å². The van der Waals surface area contributed by atoms with Crippen molar-refractivity contribution in [3.63, 3.8) is 0 Å². The fourth-order valence-electron chi connectivity index (χ4n) is 2.60. The Morgan fingerprint density at radius 3 is 2.46 bits per heavy atom. The minimum atomic E-state index is -0.331. The van der Waals surface area contributed by atoms with E-state index in [-0.39, 0.29) is 12.4 Å². The third-order valence-electron chi connectivity index (χ3n) is 3.83. The van der Waals surface area contributed by atoms with Crippen LogP contribution in [0.25, 0.3) is 0 Å². The SMILES string of the molecule is CN=C(NCCN(C(C)C)C(C)C)NCc1cc(C#N)ccc1F. The van der Waals surface area contributed by atoms with Crippen LogP contribution in [0, 0.1) is 17.1 Å². The minimum absolute atomic E-state index is 0.277. The standard InChI is InChI=1S/C18H28FN5/c1-13(2)24(14(3)4)9-8-22-18(21-5)23-12-16-10-15(11-20)6-7-17(16)19/h6-7,10,13-14H,8-9,12H2,1-5H3,(H2,21,22,23). The molecule has 0 aliphatic carbocycles. The van der Waals surface area contributed by atoms with Crippen molar-refractivity contribution in [1.29, 1.82) is 5.26 Å². The van der Waals surface area contributed by atoms with Gasteiger partial charge in [0.2, 0.25) is 0 Å². The number of hydrogen-bond acceptors (Lipinski definition) is 3. The molecule has 0 saturated heterocycles. The summed E-state index contributed by atoms with van der Waals surface area (Å²) in [6, 6.07) is 7.31. The van der Waals surface area contributed by atoms with Gasteiger partial charge in [-0.05, 0) is 45.9 Å². The first kappa shape index (κ1) is 19.9. The maximum atomic E-state index is 13.8. The molecule has 1 aromatic rings. The lowest BCUT2D eigenvalue weighted by molar-refractivity contribution is 0.178. The molecular formula is C18H28FN5. The first-order valence-electron chi connectivity index (χ1n) is 8.27. The predicted molar refractivity (Wildman–Crippen MR) is 96.3 cm³/mol. The van der Waals surface area contributed by atoms with Gasteiger partial charge in [-0.2, -0.15) is 5.26 Å². The highest BCUT2D eigenvalue weighted by atomic mass is 19.1. The number of nitriles is 1. The predicted octanol–water partition coefficient (Wildman–Crippen LogP) is 2.48. The Morgan fingerprint density at radius 1 is 1.25 bits per heavy atom. The second kappa shape index (κ2) is 9.89. The molecule has 132 valence electrons. The molecule has 1 aromatic carbocycles. The highest BCUT2D eigenvalue weighted by Gasteiger charge is 2.12. The summed E-state index contributed by atoms with van der Waals surface area (Å²) >= 11 is 0. The first-order chi connectivity index (χ1) is 11.4. The lowest BCUT2D eigenvalue weighted by atomic mass is 10.1. The number of halogens is 1. The average Bonchev–Trinajstić information content (AvgIpc) is 2.54. The van der Waals surface area contributed by atoms with Crippen molar-refractivity contribution in [1.82, 2.24) is 15.5 Å². The second-order valence-corrected chi connectivity index (χ2v) is 6.20. The van der Waals surface area contributed by atoms with Gasteiger partial charge in [0.1, 0.15) is 5.82 Å². The zero-order chi connectivity index (χ0) is 18.1. The molecule has 0 radical (unpaired) electrons. The van der Waals surface area contributed by atoms with E-state index in [9.17, 15) is 4.39 Å².